The molecule has 1 aliphatic rings. The Hall–Kier alpha value is -1.66. The van der Waals surface area contributed by atoms with Crippen molar-refractivity contribution in [2.75, 3.05) is 26.8 Å². The number of rotatable bonds is 5. The first-order chi connectivity index (χ1) is 10.5. The number of likely N-dealkylation sites (tertiary alicyclic amines) is 1. The maximum Gasteiger partial charge on any atom is 0.250 e. The van der Waals surface area contributed by atoms with Crippen molar-refractivity contribution in [3.63, 3.8) is 0 Å². The quantitative estimate of drug-likeness (QED) is 0.859. The number of carbonyl (C=O) groups is 1. The highest BCUT2D eigenvalue weighted by Crippen LogP contribution is 2.31. The summed E-state index contributed by atoms with van der Waals surface area (Å²) in [4.78, 5) is 25.7. The first kappa shape index (κ1) is 16.7. The molecule has 6 nitrogen and oxygen atoms in total. The predicted molar refractivity (Wildman–Crippen MR) is 82.5 cm³/mol. The van der Waals surface area contributed by atoms with Gasteiger partial charge in [0.25, 0.3) is 5.56 Å². The Morgan fingerprint density at radius 3 is 2.91 bits per heavy atom. The number of hydrogen-bond acceptors (Lipinski definition) is 4. The van der Waals surface area contributed by atoms with Crippen LogP contribution in [0, 0.1) is 5.92 Å². The molecule has 0 radical (unpaired) electrons. The van der Waals surface area contributed by atoms with Gasteiger partial charge in [-0.2, -0.15) is 0 Å². The molecule has 0 saturated carbocycles. The van der Waals surface area contributed by atoms with Gasteiger partial charge in [0.1, 0.15) is 6.54 Å². The average molecular weight is 308 g/mol. The summed E-state index contributed by atoms with van der Waals surface area (Å²) in [6, 6.07) is 4.83. The van der Waals surface area contributed by atoms with E-state index in [-0.39, 0.29) is 23.9 Å². The molecule has 2 atom stereocenters. The highest BCUT2D eigenvalue weighted by atomic mass is 16.5. The Morgan fingerprint density at radius 1 is 1.50 bits per heavy atom. The second-order valence-electron chi connectivity index (χ2n) is 6.00. The van der Waals surface area contributed by atoms with Gasteiger partial charge in [-0.15, -0.1) is 0 Å². The van der Waals surface area contributed by atoms with Gasteiger partial charge in [0.05, 0.1) is 5.60 Å². The Bertz CT molecular complexity index is 571. The summed E-state index contributed by atoms with van der Waals surface area (Å²) in [6.45, 7) is 3.51. The van der Waals surface area contributed by atoms with Crippen LogP contribution in [0.1, 0.15) is 19.8 Å². The minimum Gasteiger partial charge on any atom is -0.389 e. The second-order valence-corrected chi connectivity index (χ2v) is 6.00. The maximum atomic E-state index is 12.4. The molecule has 122 valence electrons. The van der Waals surface area contributed by atoms with E-state index in [1.165, 1.54) is 10.6 Å². The lowest BCUT2D eigenvalue weighted by Crippen LogP contribution is -2.53. The van der Waals surface area contributed by atoms with Crippen molar-refractivity contribution in [1.29, 1.82) is 0 Å². The number of hydrogen-bond donors (Lipinski definition) is 1. The SMILES string of the molecule is COCCC1(O)CCN(C(=O)Cn2ccccc2=O)CC1C. The van der Waals surface area contributed by atoms with Crippen LogP contribution in [0.4, 0.5) is 0 Å². The van der Waals surface area contributed by atoms with Crippen LogP contribution < -0.4 is 5.56 Å². The molecule has 1 aliphatic heterocycles. The van der Waals surface area contributed by atoms with Gasteiger partial charge in [-0.3, -0.25) is 9.59 Å². The van der Waals surface area contributed by atoms with E-state index in [9.17, 15) is 14.7 Å². The van der Waals surface area contributed by atoms with E-state index in [0.717, 1.165) is 0 Å². The molecule has 1 saturated heterocycles. The number of pyridine rings is 1. The summed E-state index contributed by atoms with van der Waals surface area (Å²) in [5.41, 5.74) is -0.964. The van der Waals surface area contributed by atoms with Crippen molar-refractivity contribution in [1.82, 2.24) is 9.47 Å². The third-order valence-corrected chi connectivity index (χ3v) is 4.52. The molecule has 2 unspecified atom stereocenters. The lowest BCUT2D eigenvalue weighted by atomic mass is 9.80. The molecular formula is C16H24N2O4. The minimum atomic E-state index is -0.781. The fraction of sp³-hybridized carbons (Fsp3) is 0.625. The monoisotopic (exact) mass is 308 g/mol. The number of aliphatic hydroxyl groups is 1. The lowest BCUT2D eigenvalue weighted by Gasteiger charge is -2.43. The van der Waals surface area contributed by atoms with Gasteiger partial charge in [0, 0.05) is 45.0 Å². The van der Waals surface area contributed by atoms with Gasteiger partial charge in [-0.25, -0.2) is 0 Å². The van der Waals surface area contributed by atoms with E-state index in [1.54, 1.807) is 30.3 Å². The molecule has 2 heterocycles. The third kappa shape index (κ3) is 3.75. The highest BCUT2D eigenvalue weighted by molar-refractivity contribution is 5.76. The van der Waals surface area contributed by atoms with Crippen LogP contribution in [0.2, 0.25) is 0 Å². The molecule has 0 aromatic carbocycles. The smallest absolute Gasteiger partial charge is 0.250 e. The normalized spacial score (nSPS) is 25.2. The molecule has 0 bridgehead atoms. The molecule has 1 N–H and O–H groups in total. The molecule has 1 aromatic rings. The lowest BCUT2D eigenvalue weighted by molar-refractivity contribution is -0.141. The topological polar surface area (TPSA) is 71.8 Å². The largest absolute Gasteiger partial charge is 0.389 e. The Kier molecular flexibility index (Phi) is 5.37. The second kappa shape index (κ2) is 7.07. The van der Waals surface area contributed by atoms with Crippen molar-refractivity contribution in [2.45, 2.75) is 31.9 Å². The number of piperidine rings is 1. The number of amides is 1. The molecule has 22 heavy (non-hydrogen) atoms. The number of ether oxygens (including phenoxy) is 1. The standard InChI is InChI=1S/C16H24N2O4/c1-13-11-18(9-6-16(13,21)7-10-22-2)15(20)12-17-8-4-3-5-14(17)19/h3-5,8,13,21H,6-7,9-12H2,1-2H3. The van der Waals surface area contributed by atoms with Gasteiger partial charge in [0.2, 0.25) is 5.91 Å². The summed E-state index contributed by atoms with van der Waals surface area (Å²) < 4.78 is 6.45. The summed E-state index contributed by atoms with van der Waals surface area (Å²) in [7, 11) is 1.62. The van der Waals surface area contributed by atoms with Crippen LogP contribution in [0.15, 0.2) is 29.2 Å². The fourth-order valence-electron chi connectivity index (χ4n) is 2.88. The fourth-order valence-corrected chi connectivity index (χ4v) is 2.88. The molecule has 6 heteroatoms. The van der Waals surface area contributed by atoms with Crippen molar-refractivity contribution in [3.8, 4) is 0 Å². The van der Waals surface area contributed by atoms with E-state index in [2.05, 4.69) is 0 Å². The summed E-state index contributed by atoms with van der Waals surface area (Å²) in [5, 5.41) is 10.6. The Morgan fingerprint density at radius 2 is 2.27 bits per heavy atom. The summed E-state index contributed by atoms with van der Waals surface area (Å²) in [6.07, 6.45) is 2.72. The van der Waals surface area contributed by atoms with Gasteiger partial charge < -0.3 is 19.3 Å². The van der Waals surface area contributed by atoms with Crippen LogP contribution in [0.3, 0.4) is 0 Å². The number of methoxy groups -OCH3 is 1. The first-order valence-corrected chi connectivity index (χ1v) is 7.61. The summed E-state index contributed by atoms with van der Waals surface area (Å²) >= 11 is 0. The summed E-state index contributed by atoms with van der Waals surface area (Å²) in [5.74, 6) is -0.109. The van der Waals surface area contributed by atoms with Crippen LogP contribution in [-0.2, 0) is 16.1 Å². The van der Waals surface area contributed by atoms with E-state index in [1.807, 2.05) is 6.92 Å². The first-order valence-electron chi connectivity index (χ1n) is 7.61. The molecule has 2 rings (SSSR count). The van der Waals surface area contributed by atoms with Crippen molar-refractivity contribution >= 4 is 5.91 Å². The minimum absolute atomic E-state index is 0.0205. The number of nitrogens with zero attached hydrogens (tertiary/aromatic N) is 2. The van der Waals surface area contributed by atoms with Crippen molar-refractivity contribution in [3.05, 3.63) is 34.7 Å². The Balaban J connectivity index is 1.97. The van der Waals surface area contributed by atoms with Crippen molar-refractivity contribution < 1.29 is 14.6 Å². The molecule has 0 aliphatic carbocycles. The van der Waals surface area contributed by atoms with E-state index >= 15 is 0 Å². The van der Waals surface area contributed by atoms with Gasteiger partial charge in [0.15, 0.2) is 0 Å². The molecule has 1 fully saturated rings. The zero-order valence-corrected chi connectivity index (χ0v) is 13.2. The van der Waals surface area contributed by atoms with Gasteiger partial charge >= 0.3 is 0 Å². The zero-order chi connectivity index (χ0) is 16.2. The Labute approximate surface area is 130 Å². The van der Waals surface area contributed by atoms with Crippen LogP contribution >= 0.6 is 0 Å². The van der Waals surface area contributed by atoms with E-state index in [4.69, 9.17) is 4.74 Å². The number of aromatic nitrogens is 1. The van der Waals surface area contributed by atoms with Crippen LogP contribution in [0.25, 0.3) is 0 Å². The average Bonchev–Trinajstić information content (AvgIpc) is 2.50. The molecular weight excluding hydrogens is 284 g/mol. The van der Waals surface area contributed by atoms with Crippen LogP contribution in [-0.4, -0.2) is 52.9 Å². The van der Waals surface area contributed by atoms with Gasteiger partial charge in [-0.1, -0.05) is 13.0 Å². The van der Waals surface area contributed by atoms with Gasteiger partial charge in [-0.05, 0) is 18.9 Å². The molecule has 1 aromatic heterocycles. The van der Waals surface area contributed by atoms with E-state index in [0.29, 0.717) is 32.5 Å². The molecule has 0 spiro atoms. The zero-order valence-electron chi connectivity index (χ0n) is 13.2. The van der Waals surface area contributed by atoms with E-state index < -0.39 is 5.60 Å². The third-order valence-electron chi connectivity index (χ3n) is 4.52. The number of carbonyl (C=O) groups excluding carboxylic acids is 1. The molecule has 1 amide bonds. The predicted octanol–water partition coefficient (Wildman–Crippen LogP) is 0.484. The maximum absolute atomic E-state index is 12.4. The highest BCUT2D eigenvalue weighted by Gasteiger charge is 2.39. The van der Waals surface area contributed by atoms with Crippen molar-refractivity contribution in [2.24, 2.45) is 5.92 Å². The van der Waals surface area contributed by atoms with Crippen LogP contribution in [0.5, 0.6) is 0 Å².